The lowest BCUT2D eigenvalue weighted by molar-refractivity contribution is 0.267. The number of aliphatic hydroxyl groups excluding tert-OH is 1. The first kappa shape index (κ1) is 12.0. The summed E-state index contributed by atoms with van der Waals surface area (Å²) in [6, 6.07) is 6.33. The van der Waals surface area contributed by atoms with E-state index in [1.807, 2.05) is 0 Å². The Morgan fingerprint density at radius 3 is 2.87 bits per heavy atom. The van der Waals surface area contributed by atoms with Gasteiger partial charge in [-0.3, -0.25) is 0 Å². The summed E-state index contributed by atoms with van der Waals surface area (Å²) in [6.07, 6.45) is 3.07. The van der Waals surface area contributed by atoms with Gasteiger partial charge in [-0.15, -0.1) is 0 Å². The fourth-order valence-electron chi connectivity index (χ4n) is 1.47. The van der Waals surface area contributed by atoms with Crippen LogP contribution in [0.1, 0.15) is 26.2 Å². The molecule has 0 saturated heterocycles. The second kappa shape index (κ2) is 6.40. The number of nitrogens with one attached hydrogen (secondary N) is 1. The Bertz CT molecular complexity index is 291. The van der Waals surface area contributed by atoms with Crippen LogP contribution in [0.4, 0.5) is 10.1 Å². The van der Waals surface area contributed by atoms with Crippen LogP contribution >= 0.6 is 0 Å². The molecule has 15 heavy (non-hydrogen) atoms. The summed E-state index contributed by atoms with van der Waals surface area (Å²) in [5.74, 6) is -0.257. The first-order valence-electron chi connectivity index (χ1n) is 5.39. The number of halogens is 1. The van der Waals surface area contributed by atoms with Gasteiger partial charge in [-0.25, -0.2) is 4.39 Å². The third kappa shape index (κ3) is 4.30. The van der Waals surface area contributed by atoms with Gasteiger partial charge in [-0.05, 0) is 24.6 Å². The van der Waals surface area contributed by atoms with Gasteiger partial charge in [0.2, 0.25) is 0 Å². The second-order valence-corrected chi connectivity index (χ2v) is 3.68. The van der Waals surface area contributed by atoms with Crippen molar-refractivity contribution in [1.82, 2.24) is 0 Å². The Balaban J connectivity index is 2.50. The van der Waals surface area contributed by atoms with Crippen LogP contribution in [0.5, 0.6) is 0 Å². The molecule has 3 heteroatoms. The van der Waals surface area contributed by atoms with Gasteiger partial charge < -0.3 is 10.4 Å². The maximum Gasteiger partial charge on any atom is 0.125 e. The molecule has 0 amide bonds. The van der Waals surface area contributed by atoms with Crippen LogP contribution in [0.25, 0.3) is 0 Å². The van der Waals surface area contributed by atoms with Crippen molar-refractivity contribution >= 4 is 5.69 Å². The van der Waals surface area contributed by atoms with Crippen molar-refractivity contribution in [1.29, 1.82) is 0 Å². The third-order valence-corrected chi connectivity index (χ3v) is 2.32. The van der Waals surface area contributed by atoms with Crippen LogP contribution in [0.15, 0.2) is 24.3 Å². The first-order valence-corrected chi connectivity index (χ1v) is 5.39. The summed E-state index contributed by atoms with van der Waals surface area (Å²) in [7, 11) is 0. The minimum absolute atomic E-state index is 0.0201. The smallest absolute Gasteiger partial charge is 0.125 e. The van der Waals surface area contributed by atoms with E-state index < -0.39 is 0 Å². The lowest BCUT2D eigenvalue weighted by Gasteiger charge is -2.17. The standard InChI is InChI=1S/C12H18FNO/c1-2-3-6-12(9-15)14-11-7-4-5-10(13)8-11/h4-5,7-8,12,14-15H,2-3,6,9H2,1H3. The van der Waals surface area contributed by atoms with Gasteiger partial charge in [-0.1, -0.05) is 25.8 Å². The van der Waals surface area contributed by atoms with E-state index in [-0.39, 0.29) is 18.5 Å². The molecular weight excluding hydrogens is 193 g/mol. The van der Waals surface area contributed by atoms with Gasteiger partial charge in [0.1, 0.15) is 5.82 Å². The van der Waals surface area contributed by atoms with Crippen LogP contribution in [0.2, 0.25) is 0 Å². The molecule has 0 radical (unpaired) electrons. The van der Waals surface area contributed by atoms with Gasteiger partial charge >= 0.3 is 0 Å². The molecule has 0 aliphatic rings. The van der Waals surface area contributed by atoms with Crippen LogP contribution in [0, 0.1) is 5.82 Å². The van der Waals surface area contributed by atoms with E-state index in [2.05, 4.69) is 12.2 Å². The fourth-order valence-corrected chi connectivity index (χ4v) is 1.47. The van der Waals surface area contributed by atoms with E-state index in [1.165, 1.54) is 12.1 Å². The average Bonchev–Trinajstić information content (AvgIpc) is 2.24. The number of benzene rings is 1. The molecule has 2 nitrogen and oxygen atoms in total. The summed E-state index contributed by atoms with van der Waals surface area (Å²) >= 11 is 0. The highest BCUT2D eigenvalue weighted by Crippen LogP contribution is 2.12. The van der Waals surface area contributed by atoms with Crippen LogP contribution in [0.3, 0.4) is 0 Å². The van der Waals surface area contributed by atoms with Crippen molar-refractivity contribution in [3.63, 3.8) is 0 Å². The molecular formula is C12H18FNO. The minimum Gasteiger partial charge on any atom is -0.394 e. The molecule has 0 aliphatic carbocycles. The Morgan fingerprint density at radius 1 is 1.47 bits per heavy atom. The van der Waals surface area contributed by atoms with Gasteiger partial charge in [0, 0.05) is 11.7 Å². The highest BCUT2D eigenvalue weighted by Gasteiger charge is 2.06. The van der Waals surface area contributed by atoms with Crippen LogP contribution in [-0.4, -0.2) is 17.8 Å². The fraction of sp³-hybridized carbons (Fsp3) is 0.500. The number of hydrogen-bond acceptors (Lipinski definition) is 2. The monoisotopic (exact) mass is 211 g/mol. The van der Waals surface area contributed by atoms with Crippen molar-refractivity contribution in [3.05, 3.63) is 30.1 Å². The van der Waals surface area contributed by atoms with Crippen molar-refractivity contribution in [2.75, 3.05) is 11.9 Å². The SMILES string of the molecule is CCCCC(CO)Nc1cccc(F)c1. The minimum atomic E-state index is -0.257. The van der Waals surface area contributed by atoms with Gasteiger partial charge in [0.25, 0.3) is 0 Å². The van der Waals surface area contributed by atoms with Crippen molar-refractivity contribution in [3.8, 4) is 0 Å². The molecule has 0 heterocycles. The quantitative estimate of drug-likeness (QED) is 0.758. The first-order chi connectivity index (χ1) is 7.26. The Morgan fingerprint density at radius 2 is 2.27 bits per heavy atom. The van der Waals surface area contributed by atoms with Crippen molar-refractivity contribution < 1.29 is 9.50 Å². The molecule has 0 fully saturated rings. The molecule has 0 aliphatic heterocycles. The molecule has 2 N–H and O–H groups in total. The number of unbranched alkanes of at least 4 members (excludes halogenated alkanes) is 1. The second-order valence-electron chi connectivity index (χ2n) is 3.68. The third-order valence-electron chi connectivity index (χ3n) is 2.32. The van der Waals surface area contributed by atoms with E-state index >= 15 is 0 Å². The summed E-state index contributed by atoms with van der Waals surface area (Å²) in [4.78, 5) is 0. The zero-order valence-corrected chi connectivity index (χ0v) is 9.04. The molecule has 1 unspecified atom stereocenters. The Hall–Kier alpha value is -1.09. The Labute approximate surface area is 90.1 Å². The topological polar surface area (TPSA) is 32.3 Å². The maximum absolute atomic E-state index is 12.9. The van der Waals surface area contributed by atoms with E-state index in [0.29, 0.717) is 0 Å². The lowest BCUT2D eigenvalue weighted by atomic mass is 10.1. The molecule has 1 atom stereocenters. The lowest BCUT2D eigenvalue weighted by Crippen LogP contribution is -2.23. The van der Waals surface area contributed by atoms with Crippen molar-refractivity contribution in [2.24, 2.45) is 0 Å². The highest BCUT2D eigenvalue weighted by molar-refractivity contribution is 5.43. The van der Waals surface area contributed by atoms with E-state index in [0.717, 1.165) is 24.9 Å². The normalized spacial score (nSPS) is 12.5. The molecule has 0 aromatic heterocycles. The van der Waals surface area contributed by atoms with Gasteiger partial charge in [0.05, 0.1) is 6.61 Å². The van der Waals surface area contributed by atoms with E-state index in [9.17, 15) is 4.39 Å². The number of aliphatic hydroxyl groups is 1. The summed E-state index contributed by atoms with van der Waals surface area (Å²) in [6.45, 7) is 2.19. The maximum atomic E-state index is 12.9. The predicted octanol–water partition coefficient (Wildman–Crippen LogP) is 2.79. The molecule has 1 aromatic carbocycles. The number of rotatable bonds is 6. The number of anilines is 1. The molecule has 1 rings (SSSR count). The van der Waals surface area contributed by atoms with Gasteiger partial charge in [-0.2, -0.15) is 0 Å². The zero-order chi connectivity index (χ0) is 11.1. The van der Waals surface area contributed by atoms with Crippen LogP contribution < -0.4 is 5.32 Å². The van der Waals surface area contributed by atoms with Crippen LogP contribution in [-0.2, 0) is 0 Å². The average molecular weight is 211 g/mol. The molecule has 0 saturated carbocycles. The Kier molecular flexibility index (Phi) is 5.12. The molecule has 0 spiro atoms. The highest BCUT2D eigenvalue weighted by atomic mass is 19.1. The summed E-state index contributed by atoms with van der Waals surface area (Å²) in [5, 5.41) is 12.2. The predicted molar refractivity (Wildman–Crippen MR) is 60.4 cm³/mol. The van der Waals surface area contributed by atoms with Gasteiger partial charge in [0.15, 0.2) is 0 Å². The largest absolute Gasteiger partial charge is 0.394 e. The summed E-state index contributed by atoms with van der Waals surface area (Å²) < 4.78 is 12.9. The van der Waals surface area contributed by atoms with E-state index in [4.69, 9.17) is 5.11 Å². The van der Waals surface area contributed by atoms with Crippen molar-refractivity contribution in [2.45, 2.75) is 32.2 Å². The summed E-state index contributed by atoms with van der Waals surface area (Å²) in [5.41, 5.74) is 0.727. The molecule has 1 aromatic rings. The molecule has 0 bridgehead atoms. The zero-order valence-electron chi connectivity index (χ0n) is 9.04. The molecule has 84 valence electrons. The number of hydrogen-bond donors (Lipinski definition) is 2. The van der Waals surface area contributed by atoms with E-state index in [1.54, 1.807) is 12.1 Å².